The summed E-state index contributed by atoms with van der Waals surface area (Å²) < 4.78 is 45.7. The topological polar surface area (TPSA) is 77.7 Å². The van der Waals surface area contributed by atoms with Crippen molar-refractivity contribution in [3.05, 3.63) is 58.6 Å². The second-order valence-corrected chi connectivity index (χ2v) is 9.48. The predicted molar refractivity (Wildman–Crippen MR) is 110 cm³/mol. The van der Waals surface area contributed by atoms with Crippen molar-refractivity contribution in [1.29, 1.82) is 0 Å². The molecule has 1 amide bonds. The Morgan fingerprint density at radius 2 is 2.00 bits per heavy atom. The summed E-state index contributed by atoms with van der Waals surface area (Å²) in [5.41, 5.74) is 0.935. The number of ether oxygens (including phenoxy) is 1. The van der Waals surface area contributed by atoms with Crippen LogP contribution in [-0.4, -0.2) is 37.9 Å². The van der Waals surface area contributed by atoms with E-state index in [-0.39, 0.29) is 22.0 Å². The summed E-state index contributed by atoms with van der Waals surface area (Å²) in [6.45, 7) is 4.87. The molecule has 0 aliphatic rings. The first-order chi connectivity index (χ1) is 13.9. The number of hydrogen-bond donors (Lipinski definition) is 0. The molecular formula is C20H21FN2O4S2. The number of hydrogen-bond acceptors (Lipinski definition) is 5. The third-order valence-electron chi connectivity index (χ3n) is 4.33. The first-order valence-electron chi connectivity index (χ1n) is 9.14. The van der Waals surface area contributed by atoms with Crippen LogP contribution in [-0.2, 0) is 21.1 Å². The van der Waals surface area contributed by atoms with Gasteiger partial charge in [0.2, 0.25) is 0 Å². The van der Waals surface area contributed by atoms with Crippen molar-refractivity contribution in [3.63, 3.8) is 0 Å². The van der Waals surface area contributed by atoms with Crippen molar-refractivity contribution in [2.75, 3.05) is 19.0 Å². The number of aromatic nitrogens is 1. The molecule has 1 heterocycles. The molecule has 0 aliphatic carbocycles. The fourth-order valence-corrected chi connectivity index (χ4v) is 4.79. The zero-order chi connectivity index (χ0) is 21.0. The molecule has 3 aromatic rings. The Morgan fingerprint density at radius 3 is 2.72 bits per heavy atom. The Balaban J connectivity index is 2.06. The van der Waals surface area contributed by atoms with Gasteiger partial charge in [0.1, 0.15) is 5.82 Å². The monoisotopic (exact) mass is 436 g/mol. The zero-order valence-electron chi connectivity index (χ0n) is 16.1. The van der Waals surface area contributed by atoms with Gasteiger partial charge >= 0.3 is 0 Å². The summed E-state index contributed by atoms with van der Waals surface area (Å²) in [6, 6.07) is 10.2. The van der Waals surface area contributed by atoms with Crippen LogP contribution in [0.25, 0.3) is 10.2 Å². The second-order valence-electron chi connectivity index (χ2n) is 6.19. The van der Waals surface area contributed by atoms with Gasteiger partial charge in [0.15, 0.2) is 14.6 Å². The smallest absolute Gasteiger partial charge is 0.279 e. The molecule has 0 spiro atoms. The quantitative estimate of drug-likeness (QED) is 0.532. The van der Waals surface area contributed by atoms with Gasteiger partial charge in [0.25, 0.3) is 5.91 Å². The molecule has 0 fully saturated rings. The minimum Gasteiger partial charge on any atom is -0.380 e. The maximum atomic E-state index is 13.6. The lowest BCUT2D eigenvalue weighted by Gasteiger charge is -2.05. The highest BCUT2D eigenvalue weighted by molar-refractivity contribution is 7.91. The van der Waals surface area contributed by atoms with E-state index < -0.39 is 15.7 Å². The molecule has 0 radical (unpaired) electrons. The van der Waals surface area contributed by atoms with Crippen molar-refractivity contribution in [2.24, 2.45) is 4.99 Å². The van der Waals surface area contributed by atoms with E-state index in [1.807, 2.05) is 6.92 Å². The molecule has 9 heteroatoms. The van der Waals surface area contributed by atoms with Crippen LogP contribution in [0.4, 0.5) is 4.39 Å². The van der Waals surface area contributed by atoms with E-state index in [2.05, 4.69) is 4.99 Å². The van der Waals surface area contributed by atoms with Crippen LogP contribution < -0.4 is 4.80 Å². The van der Waals surface area contributed by atoms with Gasteiger partial charge in [-0.3, -0.25) is 4.79 Å². The normalized spacial score (nSPS) is 12.6. The minimum atomic E-state index is -3.43. The molecule has 1 aromatic heterocycles. The van der Waals surface area contributed by atoms with Crippen LogP contribution in [0.5, 0.6) is 0 Å². The van der Waals surface area contributed by atoms with Crippen molar-refractivity contribution >= 4 is 37.3 Å². The fraction of sp³-hybridized carbons (Fsp3) is 0.300. The highest BCUT2D eigenvalue weighted by atomic mass is 32.2. The van der Waals surface area contributed by atoms with Gasteiger partial charge in [-0.25, -0.2) is 12.8 Å². The number of fused-ring (bicyclic) bond motifs is 1. The van der Waals surface area contributed by atoms with Gasteiger partial charge in [-0.15, -0.1) is 0 Å². The average molecular weight is 437 g/mol. The van der Waals surface area contributed by atoms with Crippen LogP contribution in [0.15, 0.2) is 52.4 Å². The number of nitrogens with zero attached hydrogens (tertiary/aromatic N) is 2. The van der Waals surface area contributed by atoms with E-state index in [1.165, 1.54) is 47.7 Å². The Hall–Kier alpha value is -2.36. The van der Waals surface area contributed by atoms with Gasteiger partial charge in [0, 0.05) is 18.7 Å². The number of thiazole rings is 1. The standard InChI is InChI=1S/C20H21FN2O4S2/c1-3-27-11-10-23-17-9-8-15(21)13-18(17)28-20(23)22-19(24)14-6-5-7-16(12-14)29(25,26)4-2/h5-9,12-13H,3-4,10-11H2,1-2H3. The molecule has 154 valence electrons. The highest BCUT2D eigenvalue weighted by Gasteiger charge is 2.15. The molecule has 0 N–H and O–H groups in total. The van der Waals surface area contributed by atoms with Gasteiger partial charge in [0.05, 0.1) is 27.5 Å². The summed E-state index contributed by atoms with van der Waals surface area (Å²) >= 11 is 1.20. The van der Waals surface area contributed by atoms with Crippen molar-refractivity contribution in [3.8, 4) is 0 Å². The maximum Gasteiger partial charge on any atom is 0.279 e. The minimum absolute atomic E-state index is 0.0545. The molecule has 0 saturated carbocycles. The number of amides is 1. The van der Waals surface area contributed by atoms with Gasteiger partial charge in [-0.1, -0.05) is 24.3 Å². The third kappa shape index (κ3) is 4.80. The molecule has 0 saturated heterocycles. The van der Waals surface area contributed by atoms with Crippen LogP contribution in [0, 0.1) is 5.82 Å². The third-order valence-corrected chi connectivity index (χ3v) is 7.10. The Bertz CT molecular complexity index is 1210. The largest absolute Gasteiger partial charge is 0.380 e. The van der Waals surface area contributed by atoms with Crippen molar-refractivity contribution < 1.29 is 22.3 Å². The van der Waals surface area contributed by atoms with Crippen molar-refractivity contribution in [1.82, 2.24) is 4.57 Å². The van der Waals surface area contributed by atoms with Gasteiger partial charge in [-0.2, -0.15) is 4.99 Å². The van der Waals surface area contributed by atoms with Crippen LogP contribution >= 0.6 is 11.3 Å². The summed E-state index contributed by atoms with van der Waals surface area (Å²) in [5.74, 6) is -0.984. The zero-order valence-corrected chi connectivity index (χ0v) is 17.7. The molecule has 0 atom stereocenters. The predicted octanol–water partition coefficient (Wildman–Crippen LogP) is 3.41. The molecule has 0 bridgehead atoms. The lowest BCUT2D eigenvalue weighted by Crippen LogP contribution is -2.19. The molecule has 0 unspecified atom stereocenters. The van der Waals surface area contributed by atoms with Crippen LogP contribution in [0.1, 0.15) is 24.2 Å². The summed E-state index contributed by atoms with van der Waals surface area (Å²) in [4.78, 5) is 17.4. The van der Waals surface area contributed by atoms with E-state index in [4.69, 9.17) is 4.74 Å². The van der Waals surface area contributed by atoms with E-state index in [9.17, 15) is 17.6 Å². The van der Waals surface area contributed by atoms with Gasteiger partial charge in [-0.05, 0) is 43.3 Å². The number of benzene rings is 2. The summed E-state index contributed by atoms with van der Waals surface area (Å²) in [7, 11) is -3.43. The Morgan fingerprint density at radius 1 is 1.21 bits per heavy atom. The molecule has 0 aliphatic heterocycles. The number of sulfone groups is 1. The van der Waals surface area contributed by atoms with E-state index in [0.717, 1.165) is 5.52 Å². The number of carbonyl (C=O) groups excluding carboxylic acids is 1. The molecular weight excluding hydrogens is 415 g/mol. The second kappa shape index (κ2) is 8.98. The van der Waals surface area contributed by atoms with E-state index in [0.29, 0.717) is 29.3 Å². The lowest BCUT2D eigenvalue weighted by atomic mass is 10.2. The van der Waals surface area contributed by atoms with Crippen LogP contribution in [0.2, 0.25) is 0 Å². The van der Waals surface area contributed by atoms with Crippen LogP contribution in [0.3, 0.4) is 0 Å². The van der Waals surface area contributed by atoms with E-state index in [1.54, 1.807) is 17.6 Å². The number of carbonyl (C=O) groups is 1. The molecule has 29 heavy (non-hydrogen) atoms. The first-order valence-corrected chi connectivity index (χ1v) is 11.6. The lowest BCUT2D eigenvalue weighted by molar-refractivity contribution is 0.0996. The molecule has 6 nitrogen and oxygen atoms in total. The Kier molecular flexibility index (Phi) is 6.61. The number of rotatable bonds is 7. The average Bonchev–Trinajstić information content (AvgIpc) is 3.04. The van der Waals surface area contributed by atoms with Crippen molar-refractivity contribution in [2.45, 2.75) is 25.3 Å². The molecule has 3 rings (SSSR count). The maximum absolute atomic E-state index is 13.6. The number of halogens is 1. The summed E-state index contributed by atoms with van der Waals surface area (Å²) in [5, 5.41) is 0. The fourth-order valence-electron chi connectivity index (χ4n) is 2.79. The van der Waals surface area contributed by atoms with E-state index >= 15 is 0 Å². The first kappa shape index (κ1) is 21.4. The molecule has 2 aromatic carbocycles. The summed E-state index contributed by atoms with van der Waals surface area (Å²) in [6.07, 6.45) is 0. The Labute approximate surface area is 172 Å². The highest BCUT2D eigenvalue weighted by Crippen LogP contribution is 2.19. The SMILES string of the molecule is CCOCCn1c(=NC(=O)c2cccc(S(=O)(=O)CC)c2)sc2cc(F)ccc21. The van der Waals surface area contributed by atoms with Gasteiger partial charge < -0.3 is 9.30 Å².